The van der Waals surface area contributed by atoms with Gasteiger partial charge in [-0.05, 0) is 29.7 Å². The highest BCUT2D eigenvalue weighted by Gasteiger charge is 2.33. The Morgan fingerprint density at radius 1 is 1.10 bits per heavy atom. The highest BCUT2D eigenvalue weighted by molar-refractivity contribution is 6.31. The first-order valence-electron chi connectivity index (χ1n) is 6.53. The summed E-state index contributed by atoms with van der Waals surface area (Å²) in [6, 6.07) is 13.7. The molecule has 0 aliphatic rings. The number of hydrogen-bond donors (Lipinski definition) is 1. The molecule has 0 amide bonds. The van der Waals surface area contributed by atoms with Crippen molar-refractivity contribution < 1.29 is 13.2 Å². The van der Waals surface area contributed by atoms with Crippen molar-refractivity contribution in [3.05, 3.63) is 64.7 Å². The molecule has 0 aliphatic carbocycles. The van der Waals surface area contributed by atoms with Crippen molar-refractivity contribution in [1.82, 2.24) is 0 Å². The van der Waals surface area contributed by atoms with Gasteiger partial charge in [0, 0.05) is 12.2 Å². The molecule has 0 radical (unpaired) electrons. The van der Waals surface area contributed by atoms with Gasteiger partial charge in [0.15, 0.2) is 0 Å². The maximum atomic E-state index is 12.8. The van der Waals surface area contributed by atoms with E-state index in [9.17, 15) is 13.2 Å². The molecular weight excluding hydrogens is 299 g/mol. The van der Waals surface area contributed by atoms with Gasteiger partial charge in [0.2, 0.25) is 0 Å². The van der Waals surface area contributed by atoms with E-state index in [-0.39, 0.29) is 10.9 Å². The molecule has 5 heteroatoms. The van der Waals surface area contributed by atoms with Crippen molar-refractivity contribution in [2.75, 3.05) is 11.9 Å². The Balaban J connectivity index is 2.07. The second-order valence-corrected chi connectivity index (χ2v) is 5.29. The zero-order chi connectivity index (χ0) is 15.5. The molecule has 0 bridgehead atoms. The van der Waals surface area contributed by atoms with Crippen molar-refractivity contribution in [3.63, 3.8) is 0 Å². The molecule has 1 N–H and O–H groups in total. The molecule has 0 spiro atoms. The molecule has 1 nitrogen and oxygen atoms in total. The van der Waals surface area contributed by atoms with Crippen LogP contribution in [-0.4, -0.2) is 6.54 Å². The third kappa shape index (κ3) is 4.14. The Bertz CT molecular complexity index is 596. The lowest BCUT2D eigenvalue weighted by Crippen LogP contribution is -2.11. The van der Waals surface area contributed by atoms with Gasteiger partial charge in [-0.2, -0.15) is 13.2 Å². The lowest BCUT2D eigenvalue weighted by molar-refractivity contribution is -0.137. The number of nitrogens with one attached hydrogen (secondary N) is 1. The summed E-state index contributed by atoms with van der Waals surface area (Å²) in [6.07, 6.45) is -4.44. The first kappa shape index (κ1) is 15.7. The van der Waals surface area contributed by atoms with E-state index in [4.69, 9.17) is 11.6 Å². The lowest BCUT2D eigenvalue weighted by atomic mass is 10.0. The van der Waals surface area contributed by atoms with Crippen molar-refractivity contribution >= 4 is 17.3 Å². The molecule has 2 rings (SSSR count). The zero-order valence-electron chi connectivity index (χ0n) is 11.4. The summed E-state index contributed by atoms with van der Waals surface area (Å²) in [6.45, 7) is 2.56. The van der Waals surface area contributed by atoms with E-state index in [0.29, 0.717) is 12.2 Å². The van der Waals surface area contributed by atoms with Gasteiger partial charge in [-0.15, -0.1) is 0 Å². The van der Waals surface area contributed by atoms with Crippen LogP contribution in [0.4, 0.5) is 18.9 Å². The van der Waals surface area contributed by atoms with Crippen LogP contribution in [0, 0.1) is 0 Å². The fourth-order valence-corrected chi connectivity index (χ4v) is 2.25. The van der Waals surface area contributed by atoms with Gasteiger partial charge in [0.1, 0.15) is 0 Å². The van der Waals surface area contributed by atoms with E-state index in [1.165, 1.54) is 6.07 Å². The quantitative estimate of drug-likeness (QED) is 0.777. The van der Waals surface area contributed by atoms with E-state index in [2.05, 4.69) is 5.32 Å². The monoisotopic (exact) mass is 313 g/mol. The normalized spacial score (nSPS) is 13.0. The van der Waals surface area contributed by atoms with Crippen LogP contribution in [0.2, 0.25) is 5.02 Å². The number of benzene rings is 2. The SMILES string of the molecule is CC(CNc1ccc(Cl)c(C(F)(F)F)c1)c1ccccc1. The van der Waals surface area contributed by atoms with Crippen molar-refractivity contribution in [2.45, 2.75) is 19.0 Å². The van der Waals surface area contributed by atoms with Crippen LogP contribution in [0.3, 0.4) is 0 Å². The minimum absolute atomic E-state index is 0.191. The Kier molecular flexibility index (Phi) is 4.78. The average Bonchev–Trinajstić information content (AvgIpc) is 2.45. The van der Waals surface area contributed by atoms with E-state index in [1.54, 1.807) is 6.07 Å². The van der Waals surface area contributed by atoms with E-state index >= 15 is 0 Å². The average molecular weight is 314 g/mol. The molecule has 1 unspecified atom stereocenters. The summed E-state index contributed by atoms with van der Waals surface area (Å²) in [5.74, 6) is 0.191. The van der Waals surface area contributed by atoms with E-state index < -0.39 is 11.7 Å². The molecule has 0 saturated carbocycles. The number of alkyl halides is 3. The highest BCUT2D eigenvalue weighted by Crippen LogP contribution is 2.36. The largest absolute Gasteiger partial charge is 0.417 e. The summed E-state index contributed by atoms with van der Waals surface area (Å²) in [7, 11) is 0. The third-order valence-corrected chi connectivity index (χ3v) is 3.58. The smallest absolute Gasteiger partial charge is 0.384 e. The first-order chi connectivity index (χ1) is 9.88. The highest BCUT2D eigenvalue weighted by atomic mass is 35.5. The van der Waals surface area contributed by atoms with Crippen LogP contribution in [0.5, 0.6) is 0 Å². The number of hydrogen-bond acceptors (Lipinski definition) is 1. The molecule has 0 fully saturated rings. The summed E-state index contributed by atoms with van der Waals surface area (Å²) >= 11 is 5.59. The number of halogens is 4. The maximum Gasteiger partial charge on any atom is 0.417 e. The van der Waals surface area contributed by atoms with Gasteiger partial charge in [-0.3, -0.25) is 0 Å². The summed E-state index contributed by atoms with van der Waals surface area (Å²) in [5.41, 5.74) is 0.728. The van der Waals surface area contributed by atoms with Crippen LogP contribution in [0.25, 0.3) is 0 Å². The van der Waals surface area contributed by atoms with Crippen LogP contribution < -0.4 is 5.32 Å². The van der Waals surface area contributed by atoms with Gasteiger partial charge in [-0.25, -0.2) is 0 Å². The first-order valence-corrected chi connectivity index (χ1v) is 6.91. The minimum Gasteiger partial charge on any atom is -0.384 e. The number of rotatable bonds is 4. The Morgan fingerprint density at radius 3 is 2.38 bits per heavy atom. The molecule has 21 heavy (non-hydrogen) atoms. The van der Waals surface area contributed by atoms with Gasteiger partial charge < -0.3 is 5.32 Å². The Hall–Kier alpha value is -1.68. The maximum absolute atomic E-state index is 12.8. The van der Waals surface area contributed by atoms with Crippen LogP contribution in [0.1, 0.15) is 24.0 Å². The van der Waals surface area contributed by atoms with E-state index in [0.717, 1.165) is 11.6 Å². The minimum atomic E-state index is -4.44. The molecule has 0 heterocycles. The van der Waals surface area contributed by atoms with Crippen LogP contribution in [0.15, 0.2) is 48.5 Å². The molecule has 2 aromatic carbocycles. The Labute approximate surface area is 126 Å². The summed E-state index contributed by atoms with van der Waals surface area (Å²) < 4.78 is 38.3. The standard InChI is InChI=1S/C16H15ClF3N/c1-11(12-5-3-2-4-6-12)10-21-13-7-8-15(17)14(9-13)16(18,19)20/h2-9,11,21H,10H2,1H3. The Morgan fingerprint density at radius 2 is 1.76 bits per heavy atom. The zero-order valence-corrected chi connectivity index (χ0v) is 12.2. The summed E-state index contributed by atoms with van der Waals surface area (Å²) in [5, 5.41) is 2.74. The molecular formula is C16H15ClF3N. The van der Waals surface area contributed by atoms with Gasteiger partial charge >= 0.3 is 6.18 Å². The van der Waals surface area contributed by atoms with Gasteiger partial charge in [0.25, 0.3) is 0 Å². The van der Waals surface area contributed by atoms with Gasteiger partial charge in [0.05, 0.1) is 10.6 Å². The number of anilines is 1. The predicted octanol–water partition coefficient (Wildman–Crippen LogP) is 5.57. The molecule has 0 aliphatic heterocycles. The van der Waals surface area contributed by atoms with Crippen molar-refractivity contribution in [3.8, 4) is 0 Å². The molecule has 0 saturated heterocycles. The molecule has 112 valence electrons. The molecule has 1 atom stereocenters. The topological polar surface area (TPSA) is 12.0 Å². The van der Waals surface area contributed by atoms with E-state index in [1.807, 2.05) is 37.3 Å². The fourth-order valence-electron chi connectivity index (χ4n) is 2.02. The van der Waals surface area contributed by atoms with Crippen LogP contribution >= 0.6 is 11.6 Å². The fraction of sp³-hybridized carbons (Fsp3) is 0.250. The second-order valence-electron chi connectivity index (χ2n) is 4.89. The molecule has 0 aromatic heterocycles. The van der Waals surface area contributed by atoms with Crippen molar-refractivity contribution in [1.29, 1.82) is 0 Å². The third-order valence-electron chi connectivity index (χ3n) is 3.25. The van der Waals surface area contributed by atoms with Crippen LogP contribution in [-0.2, 0) is 6.18 Å². The molecule has 2 aromatic rings. The predicted molar refractivity (Wildman–Crippen MR) is 79.8 cm³/mol. The van der Waals surface area contributed by atoms with Gasteiger partial charge in [-0.1, -0.05) is 48.9 Å². The lowest BCUT2D eigenvalue weighted by Gasteiger charge is -2.16. The second kappa shape index (κ2) is 6.39. The van der Waals surface area contributed by atoms with Crippen molar-refractivity contribution in [2.24, 2.45) is 0 Å². The summed E-state index contributed by atoms with van der Waals surface area (Å²) in [4.78, 5) is 0.